The first-order valence-electron chi connectivity index (χ1n) is 5.25. The highest BCUT2D eigenvalue weighted by Crippen LogP contribution is 2.31. The van der Waals surface area contributed by atoms with Gasteiger partial charge in [-0.2, -0.15) is 0 Å². The predicted octanol–water partition coefficient (Wildman–Crippen LogP) is 4.12. The molecule has 0 unspecified atom stereocenters. The number of benzene rings is 1. The first kappa shape index (κ1) is 12.6. The third-order valence-corrected chi connectivity index (χ3v) is 3.26. The van der Waals surface area contributed by atoms with Gasteiger partial charge in [0.15, 0.2) is 5.82 Å². The van der Waals surface area contributed by atoms with E-state index in [9.17, 15) is 0 Å². The molecule has 90 valence electrons. The number of nitrogens with zero attached hydrogens (tertiary/aromatic N) is 3. The zero-order valence-electron chi connectivity index (χ0n) is 9.91. The zero-order valence-corrected chi connectivity index (χ0v) is 12.2. The van der Waals surface area contributed by atoms with E-state index in [1.54, 1.807) is 6.33 Å². The van der Waals surface area contributed by atoms with E-state index in [1.165, 1.54) is 0 Å². The van der Waals surface area contributed by atoms with E-state index in [1.807, 2.05) is 22.8 Å². The van der Waals surface area contributed by atoms with Gasteiger partial charge in [0, 0.05) is 15.6 Å². The van der Waals surface area contributed by atoms with Crippen molar-refractivity contribution in [2.45, 2.75) is 26.3 Å². The van der Waals surface area contributed by atoms with Crippen LogP contribution < -0.4 is 0 Å². The van der Waals surface area contributed by atoms with Gasteiger partial charge in [-0.1, -0.05) is 27.5 Å². The van der Waals surface area contributed by atoms with Crippen LogP contribution in [0.25, 0.3) is 11.4 Å². The molecule has 0 radical (unpaired) electrons. The summed E-state index contributed by atoms with van der Waals surface area (Å²) in [6.07, 6.45) is 1.73. The molecular weight excluding hydrogens is 302 g/mol. The van der Waals surface area contributed by atoms with Crippen molar-refractivity contribution >= 4 is 27.5 Å². The summed E-state index contributed by atoms with van der Waals surface area (Å²) < 4.78 is 2.99. The second-order valence-corrected chi connectivity index (χ2v) is 6.14. The molecule has 1 aromatic carbocycles. The molecule has 3 nitrogen and oxygen atoms in total. The fraction of sp³-hybridized carbons (Fsp3) is 0.333. The van der Waals surface area contributed by atoms with Gasteiger partial charge in [0.05, 0.1) is 5.02 Å². The summed E-state index contributed by atoms with van der Waals surface area (Å²) in [5.74, 6) is 0.781. The average molecular weight is 315 g/mol. The topological polar surface area (TPSA) is 30.7 Å². The Balaban J connectivity index is 2.61. The zero-order chi connectivity index (χ0) is 12.6. The molecule has 0 amide bonds. The van der Waals surface area contributed by atoms with Gasteiger partial charge < -0.3 is 4.57 Å². The maximum absolute atomic E-state index is 6.21. The van der Waals surface area contributed by atoms with Crippen molar-refractivity contribution in [3.8, 4) is 11.4 Å². The van der Waals surface area contributed by atoms with Gasteiger partial charge in [-0.25, -0.2) is 0 Å². The number of hydrogen-bond donors (Lipinski definition) is 0. The molecule has 0 atom stereocenters. The van der Waals surface area contributed by atoms with Crippen LogP contribution in [0, 0.1) is 0 Å². The quantitative estimate of drug-likeness (QED) is 0.793. The molecule has 17 heavy (non-hydrogen) atoms. The molecule has 1 aromatic heterocycles. The van der Waals surface area contributed by atoms with Crippen molar-refractivity contribution in [3.05, 3.63) is 34.0 Å². The Labute approximate surface area is 114 Å². The average Bonchev–Trinajstić information content (AvgIpc) is 2.69. The number of hydrogen-bond acceptors (Lipinski definition) is 2. The van der Waals surface area contributed by atoms with Crippen LogP contribution in [0.3, 0.4) is 0 Å². The van der Waals surface area contributed by atoms with E-state index in [0.29, 0.717) is 5.02 Å². The minimum atomic E-state index is -0.0789. The van der Waals surface area contributed by atoms with Crippen LogP contribution in [-0.4, -0.2) is 14.8 Å². The summed E-state index contributed by atoms with van der Waals surface area (Å²) in [6, 6.07) is 5.71. The summed E-state index contributed by atoms with van der Waals surface area (Å²) in [4.78, 5) is 0. The lowest BCUT2D eigenvalue weighted by Crippen LogP contribution is -2.21. The molecule has 0 saturated heterocycles. The Hall–Kier alpha value is -0.870. The lowest BCUT2D eigenvalue weighted by atomic mass is 10.1. The monoisotopic (exact) mass is 313 g/mol. The summed E-state index contributed by atoms with van der Waals surface area (Å²) in [6.45, 7) is 6.31. The number of aromatic nitrogens is 3. The van der Waals surface area contributed by atoms with E-state index >= 15 is 0 Å². The van der Waals surface area contributed by atoms with E-state index in [-0.39, 0.29) is 5.54 Å². The Kier molecular flexibility index (Phi) is 3.27. The third-order valence-electron chi connectivity index (χ3n) is 2.44. The van der Waals surface area contributed by atoms with Gasteiger partial charge in [-0.3, -0.25) is 0 Å². The van der Waals surface area contributed by atoms with Crippen LogP contribution in [0.4, 0.5) is 0 Å². The minimum Gasteiger partial charge on any atom is -0.308 e. The lowest BCUT2D eigenvalue weighted by molar-refractivity contribution is 0.400. The molecular formula is C12H13BrClN3. The van der Waals surface area contributed by atoms with Gasteiger partial charge in [0.2, 0.25) is 0 Å². The van der Waals surface area contributed by atoms with E-state index < -0.39 is 0 Å². The molecule has 2 rings (SSSR count). The SMILES string of the molecule is CC(C)(C)n1cnnc1-c1cc(Br)ccc1Cl. The van der Waals surface area contributed by atoms with Crippen molar-refractivity contribution in [1.29, 1.82) is 0 Å². The summed E-state index contributed by atoms with van der Waals surface area (Å²) in [5.41, 5.74) is 0.804. The summed E-state index contributed by atoms with van der Waals surface area (Å²) in [5, 5.41) is 8.81. The highest BCUT2D eigenvalue weighted by molar-refractivity contribution is 9.10. The molecule has 1 heterocycles. The van der Waals surface area contributed by atoms with Crippen LogP contribution in [0.15, 0.2) is 29.0 Å². The van der Waals surface area contributed by atoms with E-state index in [2.05, 4.69) is 46.9 Å². The fourth-order valence-corrected chi connectivity index (χ4v) is 2.14. The van der Waals surface area contributed by atoms with Crippen LogP contribution in [0.1, 0.15) is 20.8 Å². The van der Waals surface area contributed by atoms with Crippen LogP contribution in [-0.2, 0) is 5.54 Å². The molecule has 0 bridgehead atoms. The summed E-state index contributed by atoms with van der Waals surface area (Å²) in [7, 11) is 0. The van der Waals surface area contributed by atoms with Crippen LogP contribution in [0.5, 0.6) is 0 Å². The van der Waals surface area contributed by atoms with Gasteiger partial charge in [0.25, 0.3) is 0 Å². The van der Waals surface area contributed by atoms with Gasteiger partial charge in [0.1, 0.15) is 6.33 Å². The highest BCUT2D eigenvalue weighted by atomic mass is 79.9. The molecule has 0 N–H and O–H groups in total. The van der Waals surface area contributed by atoms with Crippen molar-refractivity contribution < 1.29 is 0 Å². The van der Waals surface area contributed by atoms with E-state index in [4.69, 9.17) is 11.6 Å². The molecule has 0 spiro atoms. The van der Waals surface area contributed by atoms with Crippen molar-refractivity contribution in [3.63, 3.8) is 0 Å². The standard InChI is InChI=1S/C12H13BrClN3/c1-12(2,3)17-7-15-16-11(17)9-6-8(13)4-5-10(9)14/h4-7H,1-3H3. The largest absolute Gasteiger partial charge is 0.308 e. The lowest BCUT2D eigenvalue weighted by Gasteiger charge is -2.22. The Morgan fingerprint density at radius 3 is 2.65 bits per heavy atom. The molecule has 0 aliphatic carbocycles. The molecule has 0 aliphatic heterocycles. The van der Waals surface area contributed by atoms with Gasteiger partial charge >= 0.3 is 0 Å². The number of rotatable bonds is 1. The Morgan fingerprint density at radius 1 is 1.29 bits per heavy atom. The smallest absolute Gasteiger partial charge is 0.165 e. The van der Waals surface area contributed by atoms with Crippen molar-refractivity contribution in [2.24, 2.45) is 0 Å². The molecule has 0 aliphatic rings. The van der Waals surface area contributed by atoms with Crippen LogP contribution >= 0.6 is 27.5 Å². The highest BCUT2D eigenvalue weighted by Gasteiger charge is 2.20. The molecule has 0 fully saturated rings. The molecule has 5 heteroatoms. The van der Waals surface area contributed by atoms with E-state index in [0.717, 1.165) is 15.9 Å². The fourth-order valence-electron chi connectivity index (χ4n) is 1.58. The van der Waals surface area contributed by atoms with Gasteiger partial charge in [-0.15, -0.1) is 10.2 Å². The second kappa shape index (κ2) is 4.42. The van der Waals surface area contributed by atoms with Crippen molar-refractivity contribution in [1.82, 2.24) is 14.8 Å². The summed E-state index contributed by atoms with van der Waals surface area (Å²) >= 11 is 9.65. The molecule has 2 aromatic rings. The normalized spacial score (nSPS) is 11.8. The Morgan fingerprint density at radius 2 is 2.00 bits per heavy atom. The number of halogens is 2. The van der Waals surface area contributed by atoms with Crippen LogP contribution in [0.2, 0.25) is 5.02 Å². The van der Waals surface area contributed by atoms with Gasteiger partial charge in [-0.05, 0) is 39.0 Å². The minimum absolute atomic E-state index is 0.0789. The maximum Gasteiger partial charge on any atom is 0.165 e. The first-order valence-corrected chi connectivity index (χ1v) is 6.42. The second-order valence-electron chi connectivity index (χ2n) is 4.82. The maximum atomic E-state index is 6.21. The third kappa shape index (κ3) is 2.53. The predicted molar refractivity (Wildman–Crippen MR) is 73.2 cm³/mol. The van der Waals surface area contributed by atoms with Crippen molar-refractivity contribution in [2.75, 3.05) is 0 Å². The first-order chi connectivity index (χ1) is 7.89. The Bertz CT molecular complexity index is 543. The molecule has 0 saturated carbocycles.